The fourth-order valence-corrected chi connectivity index (χ4v) is 2.08. The van der Waals surface area contributed by atoms with Gasteiger partial charge in [-0.2, -0.15) is 0 Å². The lowest BCUT2D eigenvalue weighted by Gasteiger charge is -2.11. The molecule has 0 aliphatic rings. The molecule has 1 unspecified atom stereocenters. The zero-order valence-electron chi connectivity index (χ0n) is 8.04. The summed E-state index contributed by atoms with van der Waals surface area (Å²) in [6.07, 6.45) is 0.816. The van der Waals surface area contributed by atoms with Crippen molar-refractivity contribution in [2.45, 2.75) is 19.4 Å². The van der Waals surface area contributed by atoms with Crippen LogP contribution in [-0.4, -0.2) is 7.11 Å². The van der Waals surface area contributed by atoms with E-state index >= 15 is 0 Å². The molecule has 0 aliphatic heterocycles. The molecule has 0 aliphatic carbocycles. The molecule has 3 heteroatoms. The van der Waals surface area contributed by atoms with Gasteiger partial charge in [-0.1, -0.05) is 5.57 Å². The maximum atomic E-state index is 5.99. The van der Waals surface area contributed by atoms with E-state index in [9.17, 15) is 0 Å². The van der Waals surface area contributed by atoms with Crippen LogP contribution < -0.4 is 10.5 Å². The van der Waals surface area contributed by atoms with E-state index in [-0.39, 0.29) is 6.04 Å². The van der Waals surface area contributed by atoms with Crippen molar-refractivity contribution in [2.24, 2.45) is 5.73 Å². The molecule has 0 aromatic carbocycles. The lowest BCUT2D eigenvalue weighted by Crippen LogP contribution is -2.09. The first-order chi connectivity index (χ1) is 6.15. The zero-order chi connectivity index (χ0) is 9.84. The largest absolute Gasteiger partial charge is 0.496 e. The second-order valence-electron chi connectivity index (χ2n) is 3.12. The monoisotopic (exact) mass is 197 g/mol. The van der Waals surface area contributed by atoms with Gasteiger partial charge in [0, 0.05) is 6.04 Å². The van der Waals surface area contributed by atoms with Crippen LogP contribution in [0.15, 0.2) is 23.6 Å². The van der Waals surface area contributed by atoms with Gasteiger partial charge < -0.3 is 10.5 Å². The van der Waals surface area contributed by atoms with Gasteiger partial charge in [-0.25, -0.2) is 0 Å². The van der Waals surface area contributed by atoms with Gasteiger partial charge in [-0.3, -0.25) is 0 Å². The number of methoxy groups -OCH3 is 1. The molecule has 0 saturated heterocycles. The number of thiophene rings is 1. The average Bonchev–Trinajstić information content (AvgIpc) is 2.49. The molecule has 72 valence electrons. The van der Waals surface area contributed by atoms with Crippen LogP contribution in [0.1, 0.15) is 24.3 Å². The van der Waals surface area contributed by atoms with Crippen LogP contribution in [0.2, 0.25) is 0 Å². The normalized spacial score (nSPS) is 12.5. The third-order valence-electron chi connectivity index (χ3n) is 1.78. The third-order valence-corrected chi connectivity index (χ3v) is 2.81. The molecular formula is C10H15NOS. The summed E-state index contributed by atoms with van der Waals surface area (Å²) < 4.78 is 5.19. The van der Waals surface area contributed by atoms with Crippen molar-refractivity contribution in [3.05, 3.63) is 28.5 Å². The smallest absolute Gasteiger partial charge is 0.134 e. The molecule has 1 aromatic rings. The Bertz CT molecular complexity index is 293. The number of hydrogen-bond acceptors (Lipinski definition) is 3. The van der Waals surface area contributed by atoms with Crippen molar-refractivity contribution in [3.63, 3.8) is 0 Å². The quantitative estimate of drug-likeness (QED) is 0.753. The summed E-state index contributed by atoms with van der Waals surface area (Å²) in [4.78, 5) is 1.10. The molecule has 0 radical (unpaired) electrons. The van der Waals surface area contributed by atoms with E-state index in [0.717, 1.165) is 22.6 Å². The fraction of sp³-hybridized carbons (Fsp3) is 0.400. The minimum absolute atomic E-state index is 0.0208. The van der Waals surface area contributed by atoms with Crippen LogP contribution >= 0.6 is 11.3 Å². The van der Waals surface area contributed by atoms with Gasteiger partial charge in [0.2, 0.25) is 0 Å². The van der Waals surface area contributed by atoms with E-state index < -0.39 is 0 Å². The first-order valence-corrected chi connectivity index (χ1v) is 5.04. The van der Waals surface area contributed by atoms with Gasteiger partial charge >= 0.3 is 0 Å². The molecule has 1 heterocycles. The SMILES string of the molecule is C=C(C)CC(N)c1sccc1OC. The molecule has 0 amide bonds. The lowest BCUT2D eigenvalue weighted by atomic mass is 10.1. The second kappa shape index (κ2) is 4.44. The third kappa shape index (κ3) is 2.57. The summed E-state index contributed by atoms with van der Waals surface area (Å²) in [5.41, 5.74) is 7.09. The summed E-state index contributed by atoms with van der Waals surface area (Å²) >= 11 is 1.63. The predicted octanol–water partition coefficient (Wildman–Crippen LogP) is 2.72. The van der Waals surface area contributed by atoms with Crippen LogP contribution in [0.5, 0.6) is 5.75 Å². The molecule has 0 spiro atoms. The summed E-state index contributed by atoms with van der Waals surface area (Å²) in [5.74, 6) is 0.888. The van der Waals surface area contributed by atoms with E-state index in [2.05, 4.69) is 6.58 Å². The molecule has 2 N–H and O–H groups in total. The standard InChI is InChI=1S/C10H15NOS/c1-7(2)6-8(11)10-9(12-3)4-5-13-10/h4-5,8H,1,6,11H2,2-3H3. The summed E-state index contributed by atoms with van der Waals surface area (Å²) in [5, 5.41) is 1.99. The van der Waals surface area contributed by atoms with E-state index in [4.69, 9.17) is 10.5 Å². The maximum Gasteiger partial charge on any atom is 0.134 e. The van der Waals surface area contributed by atoms with Crippen molar-refractivity contribution < 1.29 is 4.74 Å². The van der Waals surface area contributed by atoms with Crippen molar-refractivity contribution >= 4 is 11.3 Å². The lowest BCUT2D eigenvalue weighted by molar-refractivity contribution is 0.409. The minimum Gasteiger partial charge on any atom is -0.496 e. The Hall–Kier alpha value is -0.800. The van der Waals surface area contributed by atoms with E-state index in [0.29, 0.717) is 0 Å². The molecule has 0 bridgehead atoms. The van der Waals surface area contributed by atoms with Crippen LogP contribution in [0.25, 0.3) is 0 Å². The number of hydrogen-bond donors (Lipinski definition) is 1. The highest BCUT2D eigenvalue weighted by molar-refractivity contribution is 7.10. The van der Waals surface area contributed by atoms with Gasteiger partial charge in [0.25, 0.3) is 0 Å². The Morgan fingerprint density at radius 1 is 1.77 bits per heavy atom. The van der Waals surface area contributed by atoms with Crippen LogP contribution in [0.4, 0.5) is 0 Å². The average molecular weight is 197 g/mol. The van der Waals surface area contributed by atoms with Crippen molar-refractivity contribution in [1.82, 2.24) is 0 Å². The Labute approximate surface area is 83.0 Å². The van der Waals surface area contributed by atoms with Gasteiger partial charge in [0.15, 0.2) is 0 Å². The molecule has 1 aromatic heterocycles. The van der Waals surface area contributed by atoms with Gasteiger partial charge in [0.05, 0.1) is 12.0 Å². The van der Waals surface area contributed by atoms with E-state index in [1.165, 1.54) is 0 Å². The minimum atomic E-state index is 0.0208. The Morgan fingerprint density at radius 2 is 2.46 bits per heavy atom. The Balaban J connectivity index is 2.75. The molecule has 1 atom stereocenters. The molecular weight excluding hydrogens is 182 g/mol. The Kier molecular flexibility index (Phi) is 3.51. The van der Waals surface area contributed by atoms with Gasteiger partial charge in [-0.15, -0.1) is 17.9 Å². The zero-order valence-corrected chi connectivity index (χ0v) is 8.86. The van der Waals surface area contributed by atoms with Crippen molar-refractivity contribution in [1.29, 1.82) is 0 Å². The van der Waals surface area contributed by atoms with Gasteiger partial charge in [0.1, 0.15) is 5.75 Å². The topological polar surface area (TPSA) is 35.2 Å². The highest BCUT2D eigenvalue weighted by atomic mass is 32.1. The summed E-state index contributed by atoms with van der Waals surface area (Å²) in [6.45, 7) is 5.83. The van der Waals surface area contributed by atoms with Crippen molar-refractivity contribution in [3.8, 4) is 5.75 Å². The Morgan fingerprint density at radius 3 is 3.00 bits per heavy atom. The number of rotatable bonds is 4. The van der Waals surface area contributed by atoms with Crippen LogP contribution in [0, 0.1) is 0 Å². The first kappa shape index (κ1) is 10.3. The number of ether oxygens (including phenoxy) is 1. The molecule has 13 heavy (non-hydrogen) atoms. The molecule has 1 rings (SSSR count). The molecule has 0 fully saturated rings. The second-order valence-corrected chi connectivity index (χ2v) is 4.07. The molecule has 2 nitrogen and oxygen atoms in total. The van der Waals surface area contributed by atoms with E-state index in [1.807, 2.05) is 18.4 Å². The predicted molar refractivity (Wildman–Crippen MR) is 57.2 cm³/mol. The number of nitrogens with two attached hydrogens (primary N) is 1. The highest BCUT2D eigenvalue weighted by Crippen LogP contribution is 2.32. The van der Waals surface area contributed by atoms with Crippen LogP contribution in [0.3, 0.4) is 0 Å². The molecule has 0 saturated carbocycles. The van der Waals surface area contributed by atoms with Crippen LogP contribution in [-0.2, 0) is 0 Å². The fourth-order valence-electron chi connectivity index (χ4n) is 1.22. The van der Waals surface area contributed by atoms with E-state index in [1.54, 1.807) is 18.4 Å². The first-order valence-electron chi connectivity index (χ1n) is 4.16. The maximum absolute atomic E-state index is 5.99. The summed E-state index contributed by atoms with van der Waals surface area (Å²) in [7, 11) is 1.67. The summed E-state index contributed by atoms with van der Waals surface area (Å²) in [6, 6.07) is 1.96. The van der Waals surface area contributed by atoms with Gasteiger partial charge in [-0.05, 0) is 24.8 Å². The van der Waals surface area contributed by atoms with Crippen molar-refractivity contribution in [2.75, 3.05) is 7.11 Å². The highest BCUT2D eigenvalue weighted by Gasteiger charge is 2.12.